The fraction of sp³-hybridized carbons (Fsp3) is 0.526. The van der Waals surface area contributed by atoms with E-state index in [2.05, 4.69) is 44.2 Å². The van der Waals surface area contributed by atoms with Crippen LogP contribution in [-0.4, -0.2) is 29.7 Å². The highest BCUT2D eigenvalue weighted by Gasteiger charge is 2.23. The molecular weight excluding hydrogens is 274 g/mol. The number of hydrogen-bond donors (Lipinski definition) is 0. The van der Waals surface area contributed by atoms with Crippen molar-refractivity contribution in [2.24, 2.45) is 0 Å². The maximum absolute atomic E-state index is 12.1. The molecule has 0 fully saturated rings. The Hall–Kier alpha value is -1.77. The van der Waals surface area contributed by atoms with E-state index < -0.39 is 5.60 Å². The van der Waals surface area contributed by atoms with Crippen molar-refractivity contribution in [2.45, 2.75) is 52.6 Å². The number of benzene rings is 1. The first-order valence-corrected chi connectivity index (χ1v) is 8.03. The van der Waals surface area contributed by atoms with Crippen LogP contribution in [0.25, 0.3) is 5.57 Å². The summed E-state index contributed by atoms with van der Waals surface area (Å²) >= 11 is 0. The monoisotopic (exact) mass is 301 g/mol. The van der Waals surface area contributed by atoms with Crippen LogP contribution in [0.4, 0.5) is 4.79 Å². The van der Waals surface area contributed by atoms with E-state index in [1.807, 2.05) is 20.8 Å². The van der Waals surface area contributed by atoms with Gasteiger partial charge in [0.05, 0.1) is 0 Å². The maximum atomic E-state index is 12.1. The third kappa shape index (κ3) is 4.36. The van der Waals surface area contributed by atoms with Gasteiger partial charge < -0.3 is 9.64 Å². The van der Waals surface area contributed by atoms with Gasteiger partial charge in [-0.2, -0.15) is 0 Å². The Labute approximate surface area is 134 Å². The van der Waals surface area contributed by atoms with Crippen molar-refractivity contribution in [1.82, 2.24) is 4.90 Å². The third-order valence-electron chi connectivity index (χ3n) is 3.78. The zero-order chi connectivity index (χ0) is 16.3. The van der Waals surface area contributed by atoms with Crippen LogP contribution >= 0.6 is 0 Å². The molecule has 0 atom stereocenters. The lowest BCUT2D eigenvalue weighted by Crippen LogP contribution is -2.39. The minimum atomic E-state index is -0.438. The van der Waals surface area contributed by atoms with Gasteiger partial charge in [0.25, 0.3) is 0 Å². The van der Waals surface area contributed by atoms with E-state index in [4.69, 9.17) is 4.74 Å². The number of carbonyl (C=O) groups excluding carboxylic acids is 1. The molecule has 0 saturated heterocycles. The molecule has 0 unspecified atom stereocenters. The summed E-state index contributed by atoms with van der Waals surface area (Å²) in [6, 6.07) is 8.71. The van der Waals surface area contributed by atoms with E-state index in [-0.39, 0.29) is 6.09 Å². The Balaban J connectivity index is 2.05. The molecule has 2 rings (SSSR count). The van der Waals surface area contributed by atoms with Crippen LogP contribution in [0.3, 0.4) is 0 Å². The molecule has 22 heavy (non-hydrogen) atoms. The highest BCUT2D eigenvalue weighted by molar-refractivity contribution is 5.73. The molecule has 0 bridgehead atoms. The molecule has 3 nitrogen and oxygen atoms in total. The van der Waals surface area contributed by atoms with Gasteiger partial charge >= 0.3 is 6.09 Å². The van der Waals surface area contributed by atoms with Gasteiger partial charge in [-0.15, -0.1) is 0 Å². The van der Waals surface area contributed by atoms with Crippen LogP contribution in [0.1, 0.15) is 58.1 Å². The lowest BCUT2D eigenvalue weighted by atomic mass is 9.94. The second kappa shape index (κ2) is 6.55. The molecule has 1 aliphatic heterocycles. The predicted octanol–water partition coefficient (Wildman–Crippen LogP) is 4.83. The van der Waals surface area contributed by atoms with E-state index in [1.165, 1.54) is 16.7 Å². The number of rotatable bonds is 2. The lowest BCUT2D eigenvalue weighted by Gasteiger charge is -2.29. The summed E-state index contributed by atoms with van der Waals surface area (Å²) in [5, 5.41) is 0. The van der Waals surface area contributed by atoms with Crippen molar-refractivity contribution in [2.75, 3.05) is 13.1 Å². The van der Waals surface area contributed by atoms with Crippen molar-refractivity contribution in [3.8, 4) is 0 Å². The summed E-state index contributed by atoms with van der Waals surface area (Å²) in [5.74, 6) is 0.530. The van der Waals surface area contributed by atoms with Crippen LogP contribution in [0.2, 0.25) is 0 Å². The number of carbonyl (C=O) groups is 1. The first kappa shape index (κ1) is 16.6. The van der Waals surface area contributed by atoms with Crippen LogP contribution in [0, 0.1) is 0 Å². The number of amides is 1. The Kier molecular flexibility index (Phi) is 4.94. The lowest BCUT2D eigenvalue weighted by molar-refractivity contribution is 0.0270. The van der Waals surface area contributed by atoms with Gasteiger partial charge in [-0.3, -0.25) is 0 Å². The van der Waals surface area contributed by atoms with Crippen LogP contribution in [0.5, 0.6) is 0 Å². The second-order valence-corrected chi connectivity index (χ2v) is 7.19. The first-order chi connectivity index (χ1) is 10.3. The molecule has 0 spiro atoms. The maximum Gasteiger partial charge on any atom is 0.410 e. The van der Waals surface area contributed by atoms with Crippen molar-refractivity contribution in [1.29, 1.82) is 0 Å². The van der Waals surface area contributed by atoms with Gasteiger partial charge in [-0.25, -0.2) is 4.79 Å². The summed E-state index contributed by atoms with van der Waals surface area (Å²) < 4.78 is 5.43. The smallest absolute Gasteiger partial charge is 0.410 e. The summed E-state index contributed by atoms with van der Waals surface area (Å²) in [4.78, 5) is 13.8. The summed E-state index contributed by atoms with van der Waals surface area (Å²) in [7, 11) is 0. The van der Waals surface area contributed by atoms with Gasteiger partial charge in [0.2, 0.25) is 0 Å². The number of ether oxygens (including phenoxy) is 1. The fourth-order valence-corrected chi connectivity index (χ4v) is 2.52. The molecule has 0 aliphatic carbocycles. The average molecular weight is 301 g/mol. The van der Waals surface area contributed by atoms with Crippen LogP contribution in [0.15, 0.2) is 30.3 Å². The first-order valence-electron chi connectivity index (χ1n) is 8.03. The normalized spacial score (nSPS) is 15.7. The molecule has 120 valence electrons. The Morgan fingerprint density at radius 1 is 1.27 bits per heavy atom. The molecule has 1 heterocycles. The Morgan fingerprint density at radius 3 is 2.55 bits per heavy atom. The largest absolute Gasteiger partial charge is 0.444 e. The summed E-state index contributed by atoms with van der Waals surface area (Å²) in [6.45, 7) is 11.4. The third-order valence-corrected chi connectivity index (χ3v) is 3.78. The fourth-order valence-electron chi connectivity index (χ4n) is 2.52. The average Bonchev–Trinajstić information content (AvgIpc) is 2.46. The van der Waals surface area contributed by atoms with Crippen LogP contribution in [-0.2, 0) is 4.74 Å². The highest BCUT2D eigenvalue weighted by Crippen LogP contribution is 2.26. The minimum absolute atomic E-state index is 0.223. The van der Waals surface area contributed by atoms with E-state index in [1.54, 1.807) is 4.90 Å². The zero-order valence-electron chi connectivity index (χ0n) is 14.3. The van der Waals surface area contributed by atoms with E-state index >= 15 is 0 Å². The van der Waals surface area contributed by atoms with Gasteiger partial charge in [0.1, 0.15) is 5.60 Å². The molecule has 1 aromatic carbocycles. The van der Waals surface area contributed by atoms with E-state index in [0.29, 0.717) is 19.0 Å². The topological polar surface area (TPSA) is 29.5 Å². The van der Waals surface area contributed by atoms with Gasteiger partial charge in [-0.05, 0) is 49.8 Å². The van der Waals surface area contributed by atoms with Crippen molar-refractivity contribution in [3.63, 3.8) is 0 Å². The number of hydrogen-bond acceptors (Lipinski definition) is 2. The highest BCUT2D eigenvalue weighted by atomic mass is 16.6. The summed E-state index contributed by atoms with van der Waals surface area (Å²) in [5.41, 5.74) is 3.51. The molecule has 0 radical (unpaired) electrons. The standard InChI is InChI=1S/C19H27NO2/c1-14(2)16-7-6-8-17(13-16)15-9-11-20(12-10-15)18(21)22-19(3,4)5/h6-9,13-14H,10-12H2,1-5H3. The second-order valence-electron chi connectivity index (χ2n) is 7.19. The molecular formula is C19H27NO2. The molecule has 0 saturated carbocycles. The quantitative estimate of drug-likeness (QED) is 0.782. The molecule has 1 amide bonds. The van der Waals surface area contributed by atoms with E-state index in [0.717, 1.165) is 6.42 Å². The molecule has 1 aromatic rings. The van der Waals surface area contributed by atoms with Crippen molar-refractivity contribution < 1.29 is 9.53 Å². The molecule has 0 aromatic heterocycles. The van der Waals surface area contributed by atoms with Gasteiger partial charge in [-0.1, -0.05) is 44.2 Å². The number of nitrogens with zero attached hydrogens (tertiary/aromatic N) is 1. The van der Waals surface area contributed by atoms with Gasteiger partial charge in [0, 0.05) is 13.1 Å². The van der Waals surface area contributed by atoms with E-state index in [9.17, 15) is 4.79 Å². The Bertz CT molecular complexity index is 567. The van der Waals surface area contributed by atoms with Crippen LogP contribution < -0.4 is 0 Å². The molecule has 0 N–H and O–H groups in total. The summed E-state index contributed by atoms with van der Waals surface area (Å²) in [6.07, 6.45) is 2.80. The molecule has 3 heteroatoms. The minimum Gasteiger partial charge on any atom is -0.444 e. The zero-order valence-corrected chi connectivity index (χ0v) is 14.3. The van der Waals surface area contributed by atoms with Crippen molar-refractivity contribution in [3.05, 3.63) is 41.5 Å². The molecule has 1 aliphatic rings. The predicted molar refractivity (Wildman–Crippen MR) is 90.9 cm³/mol. The SMILES string of the molecule is CC(C)c1cccc(C2=CCN(C(=O)OC(C)(C)C)CC2)c1. The van der Waals surface area contributed by atoms with Crippen molar-refractivity contribution >= 4 is 11.7 Å². The van der Waals surface area contributed by atoms with Gasteiger partial charge in [0.15, 0.2) is 0 Å². The Morgan fingerprint density at radius 2 is 2.00 bits per heavy atom.